The van der Waals surface area contributed by atoms with Crippen molar-refractivity contribution in [3.63, 3.8) is 0 Å². The molecule has 9 atom stereocenters. The average molecular weight is 401 g/mol. The van der Waals surface area contributed by atoms with Crippen LogP contribution in [0.4, 0.5) is 0 Å². The van der Waals surface area contributed by atoms with Crippen LogP contribution in [0.15, 0.2) is 12.2 Å². The van der Waals surface area contributed by atoms with Gasteiger partial charge in [-0.05, 0) is 104 Å². The molecule has 4 fully saturated rings. The molecule has 0 aliphatic heterocycles. The van der Waals surface area contributed by atoms with E-state index in [9.17, 15) is 5.11 Å². The highest BCUT2D eigenvalue weighted by Gasteiger charge is 2.61. The number of allylic oxidation sites excluding steroid dienone is 1. The lowest BCUT2D eigenvalue weighted by Gasteiger charge is -2.61. The van der Waals surface area contributed by atoms with E-state index in [4.69, 9.17) is 6.58 Å². The summed E-state index contributed by atoms with van der Waals surface area (Å²) in [5.74, 6) is 5.79. The van der Waals surface area contributed by atoms with Gasteiger partial charge in [0.15, 0.2) is 0 Å². The Hall–Kier alpha value is -0.300. The number of fused-ring (bicyclic) bond motifs is 5. The summed E-state index contributed by atoms with van der Waals surface area (Å²) in [6, 6.07) is 0. The molecule has 0 amide bonds. The van der Waals surface area contributed by atoms with Crippen molar-refractivity contribution in [2.75, 3.05) is 0 Å². The van der Waals surface area contributed by atoms with Gasteiger partial charge in [0, 0.05) is 0 Å². The van der Waals surface area contributed by atoms with Crippen LogP contribution >= 0.6 is 0 Å². The van der Waals surface area contributed by atoms with Gasteiger partial charge in [-0.15, -0.1) is 0 Å². The van der Waals surface area contributed by atoms with E-state index in [1.54, 1.807) is 5.57 Å². The number of rotatable bonds is 5. The lowest BCUT2D eigenvalue weighted by molar-refractivity contribution is -0.107. The molecule has 0 aromatic rings. The Morgan fingerprint density at radius 1 is 0.966 bits per heavy atom. The summed E-state index contributed by atoms with van der Waals surface area (Å²) in [4.78, 5) is 0. The van der Waals surface area contributed by atoms with Crippen molar-refractivity contribution in [2.24, 2.45) is 52.3 Å². The Morgan fingerprint density at radius 2 is 1.66 bits per heavy atom. The van der Waals surface area contributed by atoms with Crippen molar-refractivity contribution in [1.82, 2.24) is 0 Å². The lowest BCUT2D eigenvalue weighted by atomic mass is 9.43. The molecule has 0 bridgehead atoms. The standard InChI is InChI=1S/C28H48O/c1-18(2)8-7-9-19(3)23-10-11-24-26-20(4)16-21-17-22(29)12-14-27(21,5)25(26)13-15-28(23,24)6/h18-19,21-26,29H,4,7-17H2,1-3,5-6H3/t19-,21+,22-,23-,24-,25-,26-,27+,28+/m1/s1. The molecular formula is C28H48O. The van der Waals surface area contributed by atoms with E-state index in [1.807, 2.05) is 0 Å². The van der Waals surface area contributed by atoms with Crippen molar-refractivity contribution in [2.45, 2.75) is 111 Å². The molecular weight excluding hydrogens is 352 g/mol. The topological polar surface area (TPSA) is 20.2 Å². The molecule has 4 rings (SSSR count). The van der Waals surface area contributed by atoms with E-state index < -0.39 is 0 Å². The summed E-state index contributed by atoms with van der Waals surface area (Å²) in [6.45, 7) is 17.3. The zero-order valence-corrected chi connectivity index (χ0v) is 20.1. The molecule has 4 aliphatic rings. The van der Waals surface area contributed by atoms with Crippen molar-refractivity contribution in [1.29, 1.82) is 0 Å². The fraction of sp³-hybridized carbons (Fsp3) is 0.929. The van der Waals surface area contributed by atoms with Gasteiger partial charge < -0.3 is 5.11 Å². The summed E-state index contributed by atoms with van der Waals surface area (Å²) in [5.41, 5.74) is 2.56. The second kappa shape index (κ2) is 7.99. The van der Waals surface area contributed by atoms with Crippen molar-refractivity contribution in [3.05, 3.63) is 12.2 Å². The predicted octanol–water partition coefficient (Wildman–Crippen LogP) is 7.63. The zero-order chi connectivity index (χ0) is 21.0. The van der Waals surface area contributed by atoms with Gasteiger partial charge in [-0.1, -0.05) is 66.0 Å². The Balaban J connectivity index is 1.51. The maximum atomic E-state index is 10.3. The maximum absolute atomic E-state index is 10.3. The summed E-state index contributed by atoms with van der Waals surface area (Å²) in [5, 5.41) is 10.3. The Labute approximate surface area is 181 Å². The van der Waals surface area contributed by atoms with Gasteiger partial charge in [0.25, 0.3) is 0 Å². The highest BCUT2D eigenvalue weighted by atomic mass is 16.3. The van der Waals surface area contributed by atoms with Crippen LogP contribution < -0.4 is 0 Å². The van der Waals surface area contributed by atoms with E-state index in [2.05, 4.69) is 34.6 Å². The molecule has 1 nitrogen and oxygen atoms in total. The molecule has 0 spiro atoms. The Kier molecular flexibility index (Phi) is 6.04. The van der Waals surface area contributed by atoms with Gasteiger partial charge in [0.05, 0.1) is 6.10 Å². The van der Waals surface area contributed by atoms with Crippen LogP contribution in [0.2, 0.25) is 0 Å². The van der Waals surface area contributed by atoms with Crippen LogP contribution in [-0.2, 0) is 0 Å². The molecule has 1 heteroatoms. The lowest BCUT2D eigenvalue weighted by Crippen LogP contribution is -2.54. The largest absolute Gasteiger partial charge is 0.393 e. The highest BCUT2D eigenvalue weighted by Crippen LogP contribution is 2.69. The summed E-state index contributed by atoms with van der Waals surface area (Å²) in [6.07, 6.45) is 14.4. The molecule has 0 radical (unpaired) electrons. The quantitative estimate of drug-likeness (QED) is 0.470. The molecule has 4 saturated carbocycles. The summed E-state index contributed by atoms with van der Waals surface area (Å²) in [7, 11) is 0. The van der Waals surface area contributed by atoms with Crippen LogP contribution in [0.25, 0.3) is 0 Å². The molecule has 0 saturated heterocycles. The third kappa shape index (κ3) is 3.66. The Morgan fingerprint density at radius 3 is 2.38 bits per heavy atom. The number of aliphatic hydroxyl groups excluding tert-OH is 1. The van der Waals surface area contributed by atoms with E-state index in [0.717, 1.165) is 48.3 Å². The van der Waals surface area contributed by atoms with Gasteiger partial charge in [0.1, 0.15) is 0 Å². The SMILES string of the molecule is C=C1C[C@H]2C[C@H](O)CC[C@]2(C)[C@@H]2CC[C@]3(C)[C@H](CC[C@@H]3[C@H](C)CCCC(C)C)[C@@H]12. The van der Waals surface area contributed by atoms with Gasteiger partial charge in [-0.25, -0.2) is 0 Å². The Bertz CT molecular complexity index is 607. The van der Waals surface area contributed by atoms with Crippen LogP contribution in [0, 0.1) is 52.3 Å². The average Bonchev–Trinajstić information content (AvgIpc) is 3.00. The van der Waals surface area contributed by atoms with Crippen molar-refractivity contribution in [3.8, 4) is 0 Å². The molecule has 1 N–H and O–H groups in total. The van der Waals surface area contributed by atoms with Gasteiger partial charge in [-0.2, -0.15) is 0 Å². The third-order valence-corrected chi connectivity index (χ3v) is 10.8. The van der Waals surface area contributed by atoms with Gasteiger partial charge in [0.2, 0.25) is 0 Å². The molecule has 29 heavy (non-hydrogen) atoms. The van der Waals surface area contributed by atoms with Crippen molar-refractivity contribution >= 4 is 0 Å². The summed E-state index contributed by atoms with van der Waals surface area (Å²) < 4.78 is 0. The number of aliphatic hydroxyl groups is 1. The molecule has 0 heterocycles. The molecule has 0 unspecified atom stereocenters. The minimum atomic E-state index is -0.0613. The highest BCUT2D eigenvalue weighted by molar-refractivity contribution is 5.21. The van der Waals surface area contributed by atoms with Gasteiger partial charge in [-0.3, -0.25) is 0 Å². The van der Waals surface area contributed by atoms with Crippen LogP contribution in [0.5, 0.6) is 0 Å². The van der Waals surface area contributed by atoms with E-state index in [1.165, 1.54) is 57.8 Å². The fourth-order valence-corrected chi connectivity index (χ4v) is 9.13. The maximum Gasteiger partial charge on any atom is 0.0543 e. The molecule has 4 aliphatic carbocycles. The van der Waals surface area contributed by atoms with Crippen LogP contribution in [0.3, 0.4) is 0 Å². The number of hydrogen-bond acceptors (Lipinski definition) is 1. The minimum Gasteiger partial charge on any atom is -0.393 e. The predicted molar refractivity (Wildman–Crippen MR) is 124 cm³/mol. The molecule has 0 aromatic carbocycles. The number of hydrogen-bond donors (Lipinski definition) is 1. The zero-order valence-electron chi connectivity index (χ0n) is 20.1. The second-order valence-electron chi connectivity index (χ2n) is 12.8. The van der Waals surface area contributed by atoms with Gasteiger partial charge >= 0.3 is 0 Å². The summed E-state index contributed by atoms with van der Waals surface area (Å²) >= 11 is 0. The van der Waals surface area contributed by atoms with E-state index in [0.29, 0.717) is 16.7 Å². The van der Waals surface area contributed by atoms with Crippen molar-refractivity contribution < 1.29 is 5.11 Å². The first kappa shape index (κ1) is 21.9. The van der Waals surface area contributed by atoms with Crippen LogP contribution in [-0.4, -0.2) is 11.2 Å². The fourth-order valence-electron chi connectivity index (χ4n) is 9.13. The van der Waals surface area contributed by atoms with E-state index >= 15 is 0 Å². The smallest absolute Gasteiger partial charge is 0.0543 e. The molecule has 166 valence electrons. The monoisotopic (exact) mass is 400 g/mol. The minimum absolute atomic E-state index is 0.0613. The normalized spacial score (nSPS) is 48.2. The third-order valence-electron chi connectivity index (χ3n) is 10.8. The molecule has 0 aromatic heterocycles. The first-order chi connectivity index (χ1) is 13.7. The second-order valence-corrected chi connectivity index (χ2v) is 12.8. The van der Waals surface area contributed by atoms with E-state index in [-0.39, 0.29) is 6.10 Å². The van der Waals surface area contributed by atoms with Crippen LogP contribution in [0.1, 0.15) is 105 Å². The first-order valence-corrected chi connectivity index (χ1v) is 13.0. The first-order valence-electron chi connectivity index (χ1n) is 13.0.